The molecule has 0 amide bonds. The van der Waals surface area contributed by atoms with Crippen molar-refractivity contribution in [3.63, 3.8) is 0 Å². The zero-order valence-corrected chi connectivity index (χ0v) is 14.4. The lowest BCUT2D eigenvalue weighted by atomic mass is 9.99. The molecule has 0 aliphatic carbocycles. The van der Waals surface area contributed by atoms with Crippen LogP contribution < -0.4 is 4.90 Å². The standard InChI is InChI=1S/C14H16FN3S3/c1-9-6-10-4-3-5-17(12(10)11(15)7-9)8-18-14(19)21-13(16-18)20-2/h6-7H,3-5,8H2,1-2H3. The fraction of sp³-hybridized carbons (Fsp3) is 0.429. The smallest absolute Gasteiger partial charge is 0.181 e. The number of halogens is 1. The summed E-state index contributed by atoms with van der Waals surface area (Å²) in [7, 11) is 0. The van der Waals surface area contributed by atoms with Crippen molar-refractivity contribution in [2.24, 2.45) is 0 Å². The molecule has 0 atom stereocenters. The Morgan fingerprint density at radius 3 is 3.00 bits per heavy atom. The number of anilines is 1. The number of hydrogen-bond donors (Lipinski definition) is 0. The van der Waals surface area contributed by atoms with Gasteiger partial charge in [0.15, 0.2) is 8.29 Å². The van der Waals surface area contributed by atoms with Crippen molar-refractivity contribution in [1.29, 1.82) is 0 Å². The van der Waals surface area contributed by atoms with E-state index < -0.39 is 0 Å². The van der Waals surface area contributed by atoms with Gasteiger partial charge in [-0.05, 0) is 55.4 Å². The van der Waals surface area contributed by atoms with Crippen LogP contribution in [0, 0.1) is 16.7 Å². The number of rotatable bonds is 3. The van der Waals surface area contributed by atoms with Gasteiger partial charge in [0.1, 0.15) is 12.5 Å². The summed E-state index contributed by atoms with van der Waals surface area (Å²) in [5.74, 6) is -0.142. The molecule has 0 unspecified atom stereocenters. The molecular weight excluding hydrogens is 325 g/mol. The van der Waals surface area contributed by atoms with Gasteiger partial charge in [0.05, 0.1) is 5.69 Å². The third-order valence-electron chi connectivity index (χ3n) is 3.54. The van der Waals surface area contributed by atoms with Crippen LogP contribution in [-0.4, -0.2) is 22.6 Å². The number of fused-ring (bicyclic) bond motifs is 1. The van der Waals surface area contributed by atoms with Crippen molar-refractivity contribution >= 4 is 41.0 Å². The van der Waals surface area contributed by atoms with E-state index in [0.29, 0.717) is 12.4 Å². The molecular formula is C14H16FN3S3. The molecule has 0 saturated carbocycles. The Kier molecular flexibility index (Phi) is 4.33. The van der Waals surface area contributed by atoms with Crippen molar-refractivity contribution in [2.45, 2.75) is 30.8 Å². The Balaban J connectivity index is 1.95. The molecule has 1 aromatic carbocycles. The van der Waals surface area contributed by atoms with Crippen LogP contribution in [0.1, 0.15) is 17.5 Å². The van der Waals surface area contributed by atoms with Gasteiger partial charge in [-0.15, -0.1) is 0 Å². The highest BCUT2D eigenvalue weighted by Crippen LogP contribution is 2.32. The topological polar surface area (TPSA) is 21.1 Å². The van der Waals surface area contributed by atoms with Crippen molar-refractivity contribution < 1.29 is 4.39 Å². The van der Waals surface area contributed by atoms with Crippen molar-refractivity contribution in [1.82, 2.24) is 9.78 Å². The number of aryl methyl sites for hydroxylation is 2. The van der Waals surface area contributed by atoms with Gasteiger partial charge in [0, 0.05) is 6.54 Å². The Morgan fingerprint density at radius 2 is 2.29 bits per heavy atom. The van der Waals surface area contributed by atoms with Gasteiger partial charge in [-0.2, -0.15) is 5.10 Å². The van der Waals surface area contributed by atoms with E-state index in [4.69, 9.17) is 12.2 Å². The number of thioether (sulfide) groups is 1. The molecule has 2 aromatic rings. The predicted octanol–water partition coefficient (Wildman–Crippen LogP) is 4.25. The Bertz CT molecular complexity index is 723. The first-order valence-corrected chi connectivity index (χ1v) is 9.19. The second-order valence-corrected chi connectivity index (χ2v) is 7.78. The summed E-state index contributed by atoms with van der Waals surface area (Å²) in [6, 6.07) is 3.68. The highest BCUT2D eigenvalue weighted by molar-refractivity contribution is 8.00. The molecule has 3 rings (SSSR count). The molecule has 0 N–H and O–H groups in total. The lowest BCUT2D eigenvalue weighted by Gasteiger charge is -2.31. The maximum Gasteiger partial charge on any atom is 0.181 e. The van der Waals surface area contributed by atoms with E-state index >= 15 is 0 Å². The average molecular weight is 342 g/mol. The molecule has 0 radical (unpaired) electrons. The van der Waals surface area contributed by atoms with Crippen LogP contribution in [0.5, 0.6) is 0 Å². The van der Waals surface area contributed by atoms with Crippen LogP contribution in [0.3, 0.4) is 0 Å². The number of benzene rings is 1. The fourth-order valence-electron chi connectivity index (χ4n) is 2.69. The second-order valence-electron chi connectivity index (χ2n) is 5.10. The lowest BCUT2D eigenvalue weighted by molar-refractivity contribution is 0.522. The van der Waals surface area contributed by atoms with Crippen LogP contribution in [0.15, 0.2) is 16.5 Å². The Morgan fingerprint density at radius 1 is 1.48 bits per heavy atom. The summed E-state index contributed by atoms with van der Waals surface area (Å²) >= 11 is 8.43. The molecule has 3 nitrogen and oxygen atoms in total. The molecule has 7 heteroatoms. The molecule has 0 fully saturated rings. The van der Waals surface area contributed by atoms with E-state index in [9.17, 15) is 4.39 Å². The van der Waals surface area contributed by atoms with Crippen LogP contribution >= 0.6 is 35.3 Å². The monoisotopic (exact) mass is 341 g/mol. The molecule has 0 bridgehead atoms. The second kappa shape index (κ2) is 6.06. The summed E-state index contributed by atoms with van der Waals surface area (Å²) in [5.41, 5.74) is 2.78. The average Bonchev–Trinajstić information content (AvgIpc) is 2.79. The first-order valence-electron chi connectivity index (χ1n) is 6.74. The summed E-state index contributed by atoms with van der Waals surface area (Å²) in [6.07, 6.45) is 3.95. The van der Waals surface area contributed by atoms with E-state index in [1.54, 1.807) is 22.5 Å². The largest absolute Gasteiger partial charge is 0.349 e. The van der Waals surface area contributed by atoms with Gasteiger partial charge < -0.3 is 4.90 Å². The molecule has 21 heavy (non-hydrogen) atoms. The van der Waals surface area contributed by atoms with E-state index in [2.05, 4.69) is 11.2 Å². The van der Waals surface area contributed by atoms with Crippen LogP contribution in [0.4, 0.5) is 10.1 Å². The normalized spacial score (nSPS) is 14.3. The Labute approximate surface area is 136 Å². The SMILES string of the molecule is CSc1nn(CN2CCCc3cc(C)cc(F)c32)c(=S)s1. The van der Waals surface area contributed by atoms with Gasteiger partial charge in [0.25, 0.3) is 0 Å². The molecule has 1 aromatic heterocycles. The highest BCUT2D eigenvalue weighted by atomic mass is 32.2. The van der Waals surface area contributed by atoms with Gasteiger partial charge in [0.2, 0.25) is 0 Å². The third-order valence-corrected chi connectivity index (χ3v) is 5.83. The zero-order chi connectivity index (χ0) is 15.0. The number of hydrogen-bond acceptors (Lipinski definition) is 5. The molecule has 1 aliphatic heterocycles. The number of nitrogens with zero attached hydrogens (tertiary/aromatic N) is 3. The van der Waals surface area contributed by atoms with Crippen molar-refractivity contribution in [2.75, 3.05) is 17.7 Å². The van der Waals surface area contributed by atoms with Crippen LogP contribution in [0.25, 0.3) is 0 Å². The third kappa shape index (κ3) is 3.00. The van der Waals surface area contributed by atoms with Crippen molar-refractivity contribution in [3.05, 3.63) is 33.0 Å². The minimum Gasteiger partial charge on any atom is -0.349 e. The van der Waals surface area contributed by atoms with Gasteiger partial charge in [-0.25, -0.2) is 9.07 Å². The number of aromatic nitrogens is 2. The summed E-state index contributed by atoms with van der Waals surface area (Å²) in [4.78, 5) is 2.05. The van der Waals surface area contributed by atoms with Crippen molar-refractivity contribution in [3.8, 4) is 0 Å². The minimum atomic E-state index is -0.142. The molecule has 0 saturated heterocycles. The van der Waals surface area contributed by atoms with E-state index in [0.717, 1.165) is 38.8 Å². The highest BCUT2D eigenvalue weighted by Gasteiger charge is 2.22. The van der Waals surface area contributed by atoms with Crippen LogP contribution in [0.2, 0.25) is 0 Å². The molecule has 1 aliphatic rings. The quantitative estimate of drug-likeness (QED) is 0.614. The molecule has 2 heterocycles. The molecule has 112 valence electrons. The first-order chi connectivity index (χ1) is 10.1. The fourth-order valence-corrected chi connectivity index (χ4v) is 4.42. The predicted molar refractivity (Wildman–Crippen MR) is 89.5 cm³/mol. The van der Waals surface area contributed by atoms with Gasteiger partial charge in [-0.3, -0.25) is 0 Å². The lowest BCUT2D eigenvalue weighted by Crippen LogP contribution is -2.32. The van der Waals surface area contributed by atoms with E-state index in [1.165, 1.54) is 11.3 Å². The van der Waals surface area contributed by atoms with Gasteiger partial charge >= 0.3 is 0 Å². The first kappa shape index (κ1) is 15.0. The zero-order valence-electron chi connectivity index (χ0n) is 11.9. The van der Waals surface area contributed by atoms with Gasteiger partial charge in [-0.1, -0.05) is 29.2 Å². The van der Waals surface area contributed by atoms with E-state index in [1.807, 2.05) is 18.1 Å². The summed E-state index contributed by atoms with van der Waals surface area (Å²) in [5, 5.41) is 4.47. The maximum atomic E-state index is 14.4. The van der Waals surface area contributed by atoms with Crippen LogP contribution in [-0.2, 0) is 13.1 Å². The van der Waals surface area contributed by atoms with E-state index in [-0.39, 0.29) is 5.82 Å². The Hall–Kier alpha value is -0.920. The molecule has 0 spiro atoms. The summed E-state index contributed by atoms with van der Waals surface area (Å²) < 4.78 is 17.8. The maximum absolute atomic E-state index is 14.4. The minimum absolute atomic E-state index is 0.142. The summed E-state index contributed by atoms with van der Waals surface area (Å²) in [6.45, 7) is 3.29.